The van der Waals surface area contributed by atoms with Crippen LogP contribution in [0.4, 0.5) is 4.39 Å². The molecule has 1 heterocycles. The lowest BCUT2D eigenvalue weighted by Crippen LogP contribution is -2.46. The molecule has 0 aliphatic heterocycles. The van der Waals surface area contributed by atoms with Crippen molar-refractivity contribution in [2.24, 2.45) is 0 Å². The van der Waals surface area contributed by atoms with E-state index in [1.807, 2.05) is 13.8 Å². The molecule has 1 aromatic carbocycles. The van der Waals surface area contributed by atoms with E-state index in [-0.39, 0.29) is 30.7 Å². The molecule has 1 amide bonds. The minimum absolute atomic E-state index is 0.125. The highest BCUT2D eigenvalue weighted by Crippen LogP contribution is 2.37. The maximum atomic E-state index is 13.6. The van der Waals surface area contributed by atoms with Crippen molar-refractivity contribution in [1.82, 2.24) is 20.8 Å². The van der Waals surface area contributed by atoms with E-state index in [0.29, 0.717) is 17.3 Å². The zero-order chi connectivity index (χ0) is 18.6. The van der Waals surface area contributed by atoms with E-state index < -0.39 is 5.54 Å². The molecule has 2 aromatic rings. The van der Waals surface area contributed by atoms with E-state index in [2.05, 4.69) is 20.8 Å². The molecule has 1 aromatic heterocycles. The Balaban J connectivity index is 1.60. The smallest absolute Gasteiger partial charge is 0.234 e. The van der Waals surface area contributed by atoms with Crippen molar-refractivity contribution in [3.63, 3.8) is 0 Å². The largest absolute Gasteiger partial charge is 0.351 e. The summed E-state index contributed by atoms with van der Waals surface area (Å²) < 4.78 is 19.0. The molecule has 1 aliphatic rings. The van der Waals surface area contributed by atoms with Gasteiger partial charge in [0, 0.05) is 18.0 Å². The second-order valence-corrected chi connectivity index (χ2v) is 7.12. The number of hydrogen-bond donors (Lipinski definition) is 2. The van der Waals surface area contributed by atoms with Gasteiger partial charge in [0.05, 0.1) is 12.1 Å². The topological polar surface area (TPSA) is 80.0 Å². The van der Waals surface area contributed by atoms with Crippen LogP contribution in [-0.2, 0) is 16.9 Å². The second-order valence-electron chi connectivity index (χ2n) is 7.12. The van der Waals surface area contributed by atoms with Gasteiger partial charge in [0.25, 0.3) is 0 Å². The van der Waals surface area contributed by atoms with Gasteiger partial charge in [-0.1, -0.05) is 50.0 Å². The number of nitrogens with one attached hydrogen (secondary N) is 2. The third-order valence-electron chi connectivity index (χ3n) is 4.84. The molecule has 6 nitrogen and oxygen atoms in total. The van der Waals surface area contributed by atoms with Crippen LogP contribution in [0.25, 0.3) is 0 Å². The number of carbonyl (C=O) groups is 1. The van der Waals surface area contributed by atoms with Crippen LogP contribution in [0.1, 0.15) is 62.7 Å². The molecule has 1 aliphatic carbocycles. The van der Waals surface area contributed by atoms with Crippen LogP contribution in [0.2, 0.25) is 0 Å². The summed E-state index contributed by atoms with van der Waals surface area (Å²) in [7, 11) is 0. The molecule has 0 atom stereocenters. The van der Waals surface area contributed by atoms with Gasteiger partial charge in [-0.15, -0.1) is 0 Å². The molecule has 7 heteroatoms. The highest BCUT2D eigenvalue weighted by atomic mass is 19.1. The molecular weight excluding hydrogens is 335 g/mol. The highest BCUT2D eigenvalue weighted by Gasteiger charge is 2.40. The van der Waals surface area contributed by atoms with Crippen molar-refractivity contribution >= 4 is 5.91 Å². The Morgan fingerprint density at radius 2 is 2.04 bits per heavy atom. The molecule has 0 saturated heterocycles. The van der Waals surface area contributed by atoms with Gasteiger partial charge in [0.2, 0.25) is 11.8 Å². The van der Waals surface area contributed by atoms with Crippen molar-refractivity contribution in [2.75, 3.05) is 6.54 Å². The van der Waals surface area contributed by atoms with Gasteiger partial charge in [-0.05, 0) is 18.9 Å². The van der Waals surface area contributed by atoms with Crippen molar-refractivity contribution in [2.45, 2.75) is 57.5 Å². The minimum atomic E-state index is -0.425. The molecule has 26 heavy (non-hydrogen) atoms. The molecular formula is C19H25FN4O2. The first-order chi connectivity index (χ1) is 12.5. The predicted molar refractivity (Wildman–Crippen MR) is 94.8 cm³/mol. The Bertz CT molecular complexity index is 754. The number of hydrogen-bond acceptors (Lipinski definition) is 5. The monoisotopic (exact) mass is 360 g/mol. The third-order valence-corrected chi connectivity index (χ3v) is 4.84. The van der Waals surface area contributed by atoms with E-state index >= 15 is 0 Å². The molecule has 1 saturated carbocycles. The Hall–Kier alpha value is -2.28. The van der Waals surface area contributed by atoms with Crippen LogP contribution < -0.4 is 10.6 Å². The third kappa shape index (κ3) is 4.09. The number of benzene rings is 1. The summed E-state index contributed by atoms with van der Waals surface area (Å²) in [5.41, 5.74) is 0.0441. The summed E-state index contributed by atoms with van der Waals surface area (Å²) in [6, 6.07) is 6.42. The fourth-order valence-electron chi connectivity index (χ4n) is 3.27. The first kappa shape index (κ1) is 18.5. The SMILES string of the molecule is CC(C)c1nc(C2(NCC(=O)NCc3ccccc3F)CCCC2)no1. The predicted octanol–water partition coefficient (Wildman–Crippen LogP) is 3.01. The first-order valence-electron chi connectivity index (χ1n) is 9.09. The number of nitrogens with zero attached hydrogens (tertiary/aromatic N) is 2. The quantitative estimate of drug-likeness (QED) is 0.793. The Morgan fingerprint density at radius 3 is 2.69 bits per heavy atom. The average molecular weight is 360 g/mol. The van der Waals surface area contributed by atoms with Crippen LogP contribution in [0, 0.1) is 5.82 Å². The molecule has 0 radical (unpaired) electrons. The summed E-state index contributed by atoms with van der Waals surface area (Å²) in [5, 5.41) is 10.2. The van der Waals surface area contributed by atoms with Gasteiger partial charge in [-0.2, -0.15) is 4.98 Å². The maximum Gasteiger partial charge on any atom is 0.234 e. The van der Waals surface area contributed by atoms with Crippen LogP contribution in [0.5, 0.6) is 0 Å². The lowest BCUT2D eigenvalue weighted by atomic mass is 9.96. The number of aromatic nitrogens is 2. The van der Waals surface area contributed by atoms with E-state index in [4.69, 9.17) is 4.52 Å². The number of halogens is 1. The number of rotatable bonds is 7. The van der Waals surface area contributed by atoms with Crippen LogP contribution in [-0.4, -0.2) is 22.6 Å². The molecule has 2 N–H and O–H groups in total. The maximum absolute atomic E-state index is 13.6. The molecule has 0 unspecified atom stereocenters. The Labute approximate surface area is 152 Å². The van der Waals surface area contributed by atoms with E-state index in [1.165, 1.54) is 6.07 Å². The standard InChI is InChI=1S/C19H25FN4O2/c1-13(2)17-23-18(24-26-17)19(9-5-6-10-19)22-12-16(25)21-11-14-7-3-4-8-15(14)20/h3-4,7-8,13,22H,5-6,9-12H2,1-2H3,(H,21,25). The lowest BCUT2D eigenvalue weighted by molar-refractivity contribution is -0.120. The normalized spacial score (nSPS) is 16.2. The average Bonchev–Trinajstić information content (AvgIpc) is 3.29. The zero-order valence-corrected chi connectivity index (χ0v) is 15.2. The van der Waals surface area contributed by atoms with Crippen LogP contribution in [0.15, 0.2) is 28.8 Å². The first-order valence-corrected chi connectivity index (χ1v) is 9.09. The minimum Gasteiger partial charge on any atom is -0.351 e. The fraction of sp³-hybridized carbons (Fsp3) is 0.526. The van der Waals surface area contributed by atoms with Gasteiger partial charge in [0.15, 0.2) is 5.82 Å². The van der Waals surface area contributed by atoms with Gasteiger partial charge in [-0.3, -0.25) is 10.1 Å². The van der Waals surface area contributed by atoms with Gasteiger partial charge in [0.1, 0.15) is 5.82 Å². The zero-order valence-electron chi connectivity index (χ0n) is 15.2. The summed E-state index contributed by atoms with van der Waals surface area (Å²) in [6.07, 6.45) is 3.83. The van der Waals surface area contributed by atoms with Crippen molar-refractivity contribution in [3.05, 3.63) is 47.4 Å². The molecule has 1 fully saturated rings. The number of carbonyl (C=O) groups excluding carboxylic acids is 1. The van der Waals surface area contributed by atoms with Crippen molar-refractivity contribution < 1.29 is 13.7 Å². The highest BCUT2D eigenvalue weighted by molar-refractivity contribution is 5.78. The molecule has 0 spiro atoms. The van der Waals surface area contributed by atoms with E-state index in [9.17, 15) is 9.18 Å². The van der Waals surface area contributed by atoms with Gasteiger partial charge >= 0.3 is 0 Å². The molecule has 140 valence electrons. The van der Waals surface area contributed by atoms with Crippen LogP contribution in [0.3, 0.4) is 0 Å². The summed E-state index contributed by atoms with van der Waals surface area (Å²) in [4.78, 5) is 16.7. The summed E-state index contributed by atoms with van der Waals surface area (Å²) in [5.74, 6) is 0.893. The van der Waals surface area contributed by atoms with Crippen molar-refractivity contribution in [3.8, 4) is 0 Å². The fourth-order valence-corrected chi connectivity index (χ4v) is 3.27. The van der Waals surface area contributed by atoms with Gasteiger partial charge < -0.3 is 9.84 Å². The summed E-state index contributed by atoms with van der Waals surface area (Å²) >= 11 is 0. The van der Waals surface area contributed by atoms with Crippen molar-refractivity contribution in [1.29, 1.82) is 0 Å². The summed E-state index contributed by atoms with van der Waals surface area (Å²) in [6.45, 7) is 4.30. The number of amides is 1. The van der Waals surface area contributed by atoms with Gasteiger partial charge in [-0.25, -0.2) is 4.39 Å². The Morgan fingerprint density at radius 1 is 1.31 bits per heavy atom. The second kappa shape index (κ2) is 7.95. The lowest BCUT2D eigenvalue weighted by Gasteiger charge is -2.26. The Kier molecular flexibility index (Phi) is 5.66. The molecule has 0 bridgehead atoms. The van der Waals surface area contributed by atoms with E-state index in [0.717, 1.165) is 25.7 Å². The van der Waals surface area contributed by atoms with E-state index in [1.54, 1.807) is 18.2 Å². The van der Waals surface area contributed by atoms with Crippen LogP contribution >= 0.6 is 0 Å². The molecule has 3 rings (SSSR count).